The molecule has 6 aromatic rings. The maximum atomic E-state index is 16.4. The van der Waals surface area contributed by atoms with Gasteiger partial charge in [-0.15, -0.1) is 0 Å². The van der Waals surface area contributed by atoms with Crippen LogP contribution in [-0.4, -0.2) is 65.2 Å². The second kappa shape index (κ2) is 17.0. The molecule has 8 aliphatic rings. The van der Waals surface area contributed by atoms with E-state index in [1.165, 1.54) is 12.8 Å². The number of nitrogens with zero attached hydrogens (tertiary/aromatic N) is 4. The molecule has 2 saturated heterocycles. The van der Waals surface area contributed by atoms with Crippen molar-refractivity contribution in [3.8, 4) is 22.3 Å². The number of aromatic nitrogens is 4. The van der Waals surface area contributed by atoms with Gasteiger partial charge in [0.25, 0.3) is 0 Å². The molecule has 4 aromatic carbocycles. The van der Waals surface area contributed by atoms with E-state index in [1.54, 1.807) is 12.1 Å². The van der Waals surface area contributed by atoms with Crippen molar-refractivity contribution in [2.45, 2.75) is 167 Å². The Labute approximate surface area is 397 Å². The van der Waals surface area contributed by atoms with Gasteiger partial charge in [-0.3, -0.25) is 9.80 Å². The van der Waals surface area contributed by atoms with Crippen molar-refractivity contribution < 1.29 is 27.8 Å². The van der Waals surface area contributed by atoms with Gasteiger partial charge < -0.3 is 19.4 Å². The SMILES string of the molecule is CC(C)(C)OC(=O)N1[C@H](c2nc3ccc(-c4cc5cc(F)c4CCc4cc(F)c(c(-c6ccc7nc([C@@H]8C[C@@H]9CCCC[C@@H]9N8C(=O)OC(C)(C)C)[nH]c7c6)c4)CC5)cc3[nH]2)C[C@@H]2CCCC[C@@H]21. The summed E-state index contributed by atoms with van der Waals surface area (Å²) < 4.78 is 44.7. The van der Waals surface area contributed by atoms with Gasteiger partial charge in [-0.2, -0.15) is 0 Å². The zero-order chi connectivity index (χ0) is 47.2. The lowest BCUT2D eigenvalue weighted by atomic mass is 9.85. The summed E-state index contributed by atoms with van der Waals surface area (Å²) in [4.78, 5) is 48.6. The number of rotatable bonds is 4. The summed E-state index contributed by atoms with van der Waals surface area (Å²) >= 11 is 0. The smallest absolute Gasteiger partial charge is 0.411 e. The summed E-state index contributed by atoms with van der Waals surface area (Å²) in [5.74, 6) is 1.81. The number of halogens is 2. The number of ether oxygens (including phenoxy) is 2. The Balaban J connectivity index is 0.879. The van der Waals surface area contributed by atoms with Crippen LogP contribution in [0.2, 0.25) is 0 Å². The monoisotopic (exact) mass is 922 g/mol. The molecule has 2 amide bonds. The highest BCUT2D eigenvalue weighted by Gasteiger charge is 2.49. The van der Waals surface area contributed by atoms with Gasteiger partial charge in [-0.05, 0) is 198 Å². The highest BCUT2D eigenvalue weighted by molar-refractivity contribution is 5.85. The quantitative estimate of drug-likeness (QED) is 0.182. The molecular formula is C56H64F2N6O4. The van der Waals surface area contributed by atoms with Crippen molar-refractivity contribution in [1.82, 2.24) is 29.7 Å². The highest BCUT2D eigenvalue weighted by atomic mass is 19.1. The number of fused-ring (bicyclic) bond motifs is 4. The van der Waals surface area contributed by atoms with Gasteiger partial charge in [-0.1, -0.05) is 49.9 Å². The number of hydrogen-bond donors (Lipinski definition) is 2. The third kappa shape index (κ3) is 8.44. The topological polar surface area (TPSA) is 116 Å². The van der Waals surface area contributed by atoms with Crippen LogP contribution in [0.5, 0.6) is 0 Å². The molecular weight excluding hydrogens is 859 g/mol. The Hall–Kier alpha value is -5.78. The van der Waals surface area contributed by atoms with E-state index in [2.05, 4.69) is 34.2 Å². The predicted molar refractivity (Wildman–Crippen MR) is 260 cm³/mol. The zero-order valence-electron chi connectivity index (χ0n) is 40.3. The molecule has 2 N–H and O–H groups in total. The van der Waals surface area contributed by atoms with E-state index in [1.807, 2.05) is 75.6 Å². The number of likely N-dealkylation sites (tertiary alicyclic amines) is 2. The van der Waals surface area contributed by atoms with Crippen LogP contribution < -0.4 is 0 Å². The van der Waals surface area contributed by atoms with Crippen LogP contribution >= 0.6 is 0 Å². The zero-order valence-corrected chi connectivity index (χ0v) is 40.3. The fraction of sp³-hybridized carbons (Fsp3) is 0.500. The molecule has 2 aliphatic heterocycles. The first-order valence-corrected chi connectivity index (χ1v) is 25.2. The molecule has 2 saturated carbocycles. The van der Waals surface area contributed by atoms with Crippen molar-refractivity contribution in [2.24, 2.45) is 11.8 Å². The van der Waals surface area contributed by atoms with Crippen molar-refractivity contribution in [3.05, 3.63) is 106 Å². The van der Waals surface area contributed by atoms with E-state index in [4.69, 9.17) is 19.4 Å². The normalized spacial score (nSPS) is 24.0. The molecule has 4 heterocycles. The average molecular weight is 923 g/mol. The van der Waals surface area contributed by atoms with Crippen LogP contribution in [0.25, 0.3) is 44.3 Å². The van der Waals surface area contributed by atoms with Crippen LogP contribution in [0.15, 0.2) is 60.7 Å². The molecule has 6 atom stereocenters. The fourth-order valence-corrected chi connectivity index (χ4v) is 12.5. The largest absolute Gasteiger partial charge is 0.444 e. The second-order valence-electron chi connectivity index (χ2n) is 22.4. The Morgan fingerprint density at radius 2 is 0.985 bits per heavy atom. The van der Waals surface area contributed by atoms with Crippen LogP contribution in [0.3, 0.4) is 0 Å². The average Bonchev–Trinajstić information content (AvgIpc) is 4.08. The Morgan fingerprint density at radius 3 is 1.40 bits per heavy atom. The van der Waals surface area contributed by atoms with Gasteiger partial charge >= 0.3 is 12.2 Å². The summed E-state index contributed by atoms with van der Waals surface area (Å²) in [7, 11) is 0. The number of carbonyl (C=O) groups excluding carboxylic acids is 2. The molecule has 0 spiro atoms. The number of aryl methyl sites for hydroxylation is 2. The summed E-state index contributed by atoms with van der Waals surface area (Å²) in [5, 5.41) is 0. The molecule has 6 aliphatic carbocycles. The van der Waals surface area contributed by atoms with E-state index in [0.29, 0.717) is 48.6 Å². The van der Waals surface area contributed by atoms with Crippen molar-refractivity contribution in [3.63, 3.8) is 0 Å². The molecule has 356 valence electrons. The van der Waals surface area contributed by atoms with E-state index in [-0.39, 0.29) is 48.0 Å². The Morgan fingerprint density at radius 1 is 0.574 bits per heavy atom. The first-order valence-electron chi connectivity index (χ1n) is 25.2. The Bertz CT molecular complexity index is 2750. The number of nitrogens with one attached hydrogen (secondary N) is 2. The summed E-state index contributed by atoms with van der Waals surface area (Å²) in [6.07, 6.45) is 11.4. The number of carbonyl (C=O) groups is 2. The number of H-pyrrole nitrogens is 2. The van der Waals surface area contributed by atoms with E-state index in [9.17, 15) is 9.59 Å². The fourth-order valence-electron chi connectivity index (χ4n) is 12.5. The van der Waals surface area contributed by atoms with Crippen molar-refractivity contribution >= 4 is 34.3 Å². The summed E-state index contributed by atoms with van der Waals surface area (Å²) in [6, 6.07) is 19.3. The molecule has 10 nitrogen and oxygen atoms in total. The predicted octanol–water partition coefficient (Wildman–Crippen LogP) is 13.4. The van der Waals surface area contributed by atoms with Crippen LogP contribution in [0, 0.1) is 23.5 Å². The van der Waals surface area contributed by atoms with Gasteiger partial charge in [0.1, 0.15) is 34.5 Å². The molecule has 68 heavy (non-hydrogen) atoms. The standard InChI is InChI=1S/C56H64F2N6O4/c1-55(2,3)67-53(65)63-47-13-9-7-11-35(47)29-49(63)51-59-43-21-17-33(27-45(43)61-51)39-23-31-16-20-38-40(24-32(26-42(38)58)15-19-37(39)41(57)25-31)34-18-22-44-46(28-34)62-52(60-44)50-30-36-12-8-10-14-48(36)64(50)54(66)68-56(4,5)6/h17-18,21-28,35-36,47-50H,7-16,19-20,29-30H2,1-6H3,(H,59,61)(H,60,62)/t35-,36-,47-,48-,49-,50-/m0/s1. The number of aromatic amines is 2. The molecule has 12 heteroatoms. The van der Waals surface area contributed by atoms with E-state index in [0.717, 1.165) is 118 Å². The lowest BCUT2D eigenvalue weighted by Crippen LogP contribution is -2.43. The van der Waals surface area contributed by atoms with Crippen LogP contribution in [0.1, 0.15) is 152 Å². The third-order valence-electron chi connectivity index (χ3n) is 15.5. The van der Waals surface area contributed by atoms with Crippen LogP contribution in [-0.2, 0) is 35.2 Å². The van der Waals surface area contributed by atoms with E-state index < -0.39 is 11.2 Å². The highest BCUT2D eigenvalue weighted by Crippen LogP contribution is 2.48. The number of benzene rings is 4. The van der Waals surface area contributed by atoms with Gasteiger partial charge in [0.15, 0.2) is 0 Å². The first kappa shape index (κ1) is 44.7. The molecule has 0 radical (unpaired) electrons. The molecule has 4 bridgehead atoms. The third-order valence-corrected chi connectivity index (χ3v) is 15.5. The minimum atomic E-state index is -0.609. The van der Waals surface area contributed by atoms with Gasteiger partial charge in [0.05, 0.1) is 34.2 Å². The minimum Gasteiger partial charge on any atom is -0.444 e. The summed E-state index contributed by atoms with van der Waals surface area (Å²) in [6.45, 7) is 11.4. The Kier molecular flexibility index (Phi) is 11.2. The minimum absolute atomic E-state index is 0.132. The number of imidazole rings is 2. The lowest BCUT2D eigenvalue weighted by molar-refractivity contribution is 0.00853. The van der Waals surface area contributed by atoms with Crippen LogP contribution in [0.4, 0.5) is 18.4 Å². The number of amides is 2. The summed E-state index contributed by atoms with van der Waals surface area (Å²) in [5.41, 5.74) is 8.21. The van der Waals surface area contributed by atoms with E-state index >= 15 is 8.78 Å². The molecule has 4 fully saturated rings. The maximum absolute atomic E-state index is 16.4. The van der Waals surface area contributed by atoms with Gasteiger partial charge in [0.2, 0.25) is 0 Å². The van der Waals surface area contributed by atoms with Gasteiger partial charge in [0, 0.05) is 12.1 Å². The number of hydrogen-bond acceptors (Lipinski definition) is 6. The lowest BCUT2D eigenvalue weighted by Gasteiger charge is -2.34. The van der Waals surface area contributed by atoms with Crippen molar-refractivity contribution in [1.29, 1.82) is 0 Å². The molecule has 14 rings (SSSR count). The van der Waals surface area contributed by atoms with Gasteiger partial charge in [-0.25, -0.2) is 28.3 Å². The second-order valence-corrected chi connectivity index (χ2v) is 22.4. The maximum Gasteiger partial charge on any atom is 0.411 e. The van der Waals surface area contributed by atoms with Crippen molar-refractivity contribution in [2.75, 3.05) is 0 Å². The first-order chi connectivity index (χ1) is 32.5. The molecule has 2 aromatic heterocycles. The molecule has 0 unspecified atom stereocenters.